The van der Waals surface area contributed by atoms with Gasteiger partial charge in [0.2, 0.25) is 0 Å². The van der Waals surface area contributed by atoms with Crippen molar-refractivity contribution in [3.05, 3.63) is 11.8 Å². The molecule has 4 saturated carbocycles. The maximum atomic E-state index is 12.2. The second kappa shape index (κ2) is 5.09. The van der Waals surface area contributed by atoms with Crippen LogP contribution in [0.5, 0.6) is 0 Å². The highest BCUT2D eigenvalue weighted by Crippen LogP contribution is 2.68. The van der Waals surface area contributed by atoms with E-state index in [-0.39, 0.29) is 16.6 Å². The molecule has 134 valence electrons. The molecule has 0 spiro atoms. The summed E-state index contributed by atoms with van der Waals surface area (Å²) in [6.07, 6.45) is 9.11. The van der Waals surface area contributed by atoms with Gasteiger partial charge < -0.3 is 10.2 Å². The number of carbonyl (C=O) groups excluding carboxylic acids is 1. The van der Waals surface area contributed by atoms with Gasteiger partial charge in [0.05, 0.1) is 11.9 Å². The van der Waals surface area contributed by atoms with E-state index < -0.39 is 5.60 Å². The number of fused-ring (bicyclic) bond motifs is 5. The van der Waals surface area contributed by atoms with E-state index in [1.165, 1.54) is 6.42 Å². The Kier molecular flexibility index (Phi) is 3.53. The average Bonchev–Trinajstić information content (AvgIpc) is 2.77. The number of aliphatic hydroxyl groups excluding tert-OH is 1. The fraction of sp³-hybridized carbons (Fsp3) is 0.857. The summed E-state index contributed by atoms with van der Waals surface area (Å²) >= 11 is 0. The Morgan fingerprint density at radius 1 is 1.04 bits per heavy atom. The van der Waals surface area contributed by atoms with E-state index in [0.29, 0.717) is 35.7 Å². The molecule has 1 unspecified atom stereocenters. The molecule has 0 amide bonds. The van der Waals surface area contributed by atoms with E-state index in [1.807, 2.05) is 6.92 Å². The monoisotopic (exact) mass is 332 g/mol. The van der Waals surface area contributed by atoms with Crippen molar-refractivity contribution in [2.45, 2.75) is 77.7 Å². The van der Waals surface area contributed by atoms with Crippen LogP contribution < -0.4 is 0 Å². The summed E-state index contributed by atoms with van der Waals surface area (Å²) in [4.78, 5) is 12.2. The lowest BCUT2D eigenvalue weighted by Crippen LogP contribution is -2.56. The standard InChI is InChI=1S/C21H32O3/c1-19-11-13(12-22)18(23)10-14(19)4-5-15-16(19)6-8-20(2)17(15)7-9-21(20,3)24/h12,14-17,22,24H,4-11H2,1-3H3/t14?,15-,16+,17+,19+,20+,21+/m1/s1. The Morgan fingerprint density at radius 3 is 2.46 bits per heavy atom. The van der Waals surface area contributed by atoms with Crippen LogP contribution in [0, 0.1) is 34.5 Å². The van der Waals surface area contributed by atoms with Crippen LogP contribution in [0.15, 0.2) is 11.8 Å². The second-order valence-corrected chi connectivity index (χ2v) is 9.88. The molecule has 0 bridgehead atoms. The molecule has 4 aliphatic rings. The lowest BCUT2D eigenvalue weighted by Gasteiger charge is -2.61. The van der Waals surface area contributed by atoms with Crippen molar-refractivity contribution in [3.8, 4) is 0 Å². The first kappa shape index (κ1) is 16.6. The first-order valence-corrected chi connectivity index (χ1v) is 9.82. The number of ketones is 1. The van der Waals surface area contributed by atoms with Gasteiger partial charge in [0.1, 0.15) is 0 Å². The Morgan fingerprint density at radius 2 is 1.75 bits per heavy atom. The summed E-state index contributed by atoms with van der Waals surface area (Å²) in [5, 5.41) is 20.5. The SMILES string of the molecule is C[C@]12CC(=CO)C(=O)CC1CC[C@@H]1[C@@H]2CC[C@@]2(C)[C@H]1CC[C@]2(C)O. The Bertz CT molecular complexity index is 592. The molecular formula is C21H32O3. The molecule has 4 aliphatic carbocycles. The quantitative estimate of drug-likeness (QED) is 0.510. The van der Waals surface area contributed by atoms with Crippen molar-refractivity contribution in [1.82, 2.24) is 0 Å². The van der Waals surface area contributed by atoms with Crippen LogP contribution in [0.2, 0.25) is 0 Å². The number of hydrogen-bond donors (Lipinski definition) is 2. The number of Topliss-reactive ketones (excluding diaryl/α,β-unsaturated/α-hetero) is 1. The normalized spacial score (nSPS) is 55.8. The molecule has 0 aliphatic heterocycles. The summed E-state index contributed by atoms with van der Waals surface area (Å²) in [5.74, 6) is 2.55. The van der Waals surface area contributed by atoms with Gasteiger partial charge in [-0.2, -0.15) is 0 Å². The van der Waals surface area contributed by atoms with Gasteiger partial charge in [-0.05, 0) is 86.4 Å². The highest BCUT2D eigenvalue weighted by Gasteiger charge is 2.63. The van der Waals surface area contributed by atoms with Gasteiger partial charge in [0.15, 0.2) is 5.78 Å². The molecule has 0 aromatic heterocycles. The van der Waals surface area contributed by atoms with Crippen molar-refractivity contribution < 1.29 is 15.0 Å². The highest BCUT2D eigenvalue weighted by molar-refractivity contribution is 5.96. The predicted octanol–water partition coefficient (Wildman–Crippen LogP) is 4.40. The smallest absolute Gasteiger partial charge is 0.162 e. The lowest BCUT2D eigenvalue weighted by atomic mass is 9.44. The number of rotatable bonds is 0. The largest absolute Gasteiger partial charge is 0.515 e. The zero-order valence-electron chi connectivity index (χ0n) is 15.3. The molecule has 7 atom stereocenters. The lowest BCUT2D eigenvalue weighted by molar-refractivity contribution is -0.147. The van der Waals surface area contributed by atoms with Crippen molar-refractivity contribution in [3.63, 3.8) is 0 Å². The molecule has 3 nitrogen and oxygen atoms in total. The van der Waals surface area contributed by atoms with Crippen molar-refractivity contribution in [1.29, 1.82) is 0 Å². The first-order valence-electron chi connectivity index (χ1n) is 9.82. The van der Waals surface area contributed by atoms with Gasteiger partial charge in [0.25, 0.3) is 0 Å². The van der Waals surface area contributed by atoms with E-state index in [4.69, 9.17) is 0 Å². The average molecular weight is 332 g/mol. The fourth-order valence-corrected chi connectivity index (χ4v) is 7.37. The fourth-order valence-electron chi connectivity index (χ4n) is 7.37. The molecule has 0 aromatic carbocycles. The zero-order valence-corrected chi connectivity index (χ0v) is 15.3. The molecular weight excluding hydrogens is 300 g/mol. The van der Waals surface area contributed by atoms with Gasteiger partial charge in [-0.1, -0.05) is 13.8 Å². The molecule has 0 heterocycles. The van der Waals surface area contributed by atoms with Crippen LogP contribution in [-0.4, -0.2) is 21.6 Å². The minimum absolute atomic E-state index is 0.0531. The van der Waals surface area contributed by atoms with Gasteiger partial charge in [0, 0.05) is 12.0 Å². The van der Waals surface area contributed by atoms with Crippen LogP contribution in [-0.2, 0) is 4.79 Å². The van der Waals surface area contributed by atoms with Gasteiger partial charge >= 0.3 is 0 Å². The van der Waals surface area contributed by atoms with E-state index in [9.17, 15) is 15.0 Å². The van der Waals surface area contributed by atoms with E-state index in [0.717, 1.165) is 44.8 Å². The summed E-state index contributed by atoms with van der Waals surface area (Å²) in [7, 11) is 0. The second-order valence-electron chi connectivity index (χ2n) is 9.88. The van der Waals surface area contributed by atoms with Gasteiger partial charge in [-0.15, -0.1) is 0 Å². The van der Waals surface area contributed by atoms with Crippen LogP contribution in [0.1, 0.15) is 72.1 Å². The number of allylic oxidation sites excluding steroid dienone is 1. The Balaban J connectivity index is 1.67. The third kappa shape index (κ3) is 1.97. The summed E-state index contributed by atoms with van der Waals surface area (Å²) < 4.78 is 0. The summed E-state index contributed by atoms with van der Waals surface area (Å²) in [6, 6.07) is 0. The first-order chi connectivity index (χ1) is 11.2. The van der Waals surface area contributed by atoms with Crippen LogP contribution in [0.3, 0.4) is 0 Å². The van der Waals surface area contributed by atoms with Crippen LogP contribution in [0.25, 0.3) is 0 Å². The predicted molar refractivity (Wildman–Crippen MR) is 93.5 cm³/mol. The van der Waals surface area contributed by atoms with E-state index >= 15 is 0 Å². The van der Waals surface area contributed by atoms with Gasteiger partial charge in [-0.3, -0.25) is 4.79 Å². The topological polar surface area (TPSA) is 57.5 Å². The molecule has 4 fully saturated rings. The number of aliphatic hydroxyl groups is 2. The minimum atomic E-state index is -0.529. The Labute approximate surface area is 145 Å². The van der Waals surface area contributed by atoms with Crippen molar-refractivity contribution in [2.24, 2.45) is 34.5 Å². The van der Waals surface area contributed by atoms with Crippen molar-refractivity contribution >= 4 is 5.78 Å². The number of hydrogen-bond acceptors (Lipinski definition) is 3. The highest BCUT2D eigenvalue weighted by atomic mass is 16.3. The number of carbonyl (C=O) groups is 1. The van der Waals surface area contributed by atoms with Gasteiger partial charge in [-0.25, -0.2) is 0 Å². The maximum absolute atomic E-state index is 12.2. The maximum Gasteiger partial charge on any atom is 0.162 e. The van der Waals surface area contributed by atoms with E-state index in [2.05, 4.69) is 13.8 Å². The Hall–Kier alpha value is -0.830. The third-order valence-corrected chi connectivity index (χ3v) is 9.14. The molecule has 4 rings (SSSR count). The third-order valence-electron chi connectivity index (χ3n) is 9.14. The van der Waals surface area contributed by atoms with Crippen LogP contribution >= 0.6 is 0 Å². The van der Waals surface area contributed by atoms with E-state index in [1.54, 1.807) is 0 Å². The summed E-state index contributed by atoms with van der Waals surface area (Å²) in [6.45, 7) is 6.74. The van der Waals surface area contributed by atoms with Crippen LogP contribution in [0.4, 0.5) is 0 Å². The molecule has 2 N–H and O–H groups in total. The zero-order chi connectivity index (χ0) is 17.3. The summed E-state index contributed by atoms with van der Waals surface area (Å²) in [5.41, 5.74) is 0.304. The molecule has 24 heavy (non-hydrogen) atoms. The molecule has 0 saturated heterocycles. The molecule has 0 radical (unpaired) electrons. The van der Waals surface area contributed by atoms with Crippen molar-refractivity contribution in [2.75, 3.05) is 0 Å². The molecule has 3 heteroatoms. The molecule has 0 aromatic rings. The minimum Gasteiger partial charge on any atom is -0.515 e.